The van der Waals surface area contributed by atoms with Crippen LogP contribution >= 0.6 is 11.6 Å². The van der Waals surface area contributed by atoms with E-state index in [2.05, 4.69) is 61.2 Å². The van der Waals surface area contributed by atoms with Crippen LogP contribution in [-0.4, -0.2) is 13.4 Å². The lowest BCUT2D eigenvalue weighted by atomic mass is 9.46. The van der Waals surface area contributed by atoms with E-state index in [9.17, 15) is 5.11 Å². The first-order chi connectivity index (χ1) is 22.0. The van der Waals surface area contributed by atoms with Crippen LogP contribution in [0.25, 0.3) is 0 Å². The second-order valence-corrected chi connectivity index (χ2v) is 21.5. The van der Waals surface area contributed by atoms with Crippen molar-refractivity contribution in [3.63, 3.8) is 0 Å². The topological polar surface area (TPSA) is 47.9 Å². The average Bonchev–Trinajstić information content (AvgIpc) is 2.99. The number of benzene rings is 3. The molecular weight excluding hydrogens is 620 g/mol. The zero-order valence-corrected chi connectivity index (χ0v) is 31.5. The molecule has 0 amide bonds. The van der Waals surface area contributed by atoms with Gasteiger partial charge in [0.25, 0.3) is 0 Å². The number of aliphatic hydroxyl groups excluding tert-OH is 1. The summed E-state index contributed by atoms with van der Waals surface area (Å²) in [5.74, 6) is 1.82. The van der Waals surface area contributed by atoms with Crippen molar-refractivity contribution in [1.82, 2.24) is 0 Å². The van der Waals surface area contributed by atoms with Crippen LogP contribution < -0.4 is 13.9 Å². The summed E-state index contributed by atoms with van der Waals surface area (Å²) in [7, 11) is -2.38. The van der Waals surface area contributed by atoms with Gasteiger partial charge in [-0.3, -0.25) is 0 Å². The van der Waals surface area contributed by atoms with Crippen LogP contribution in [0, 0.1) is 22.7 Å². The molecule has 5 rings (SSSR count). The zero-order chi connectivity index (χ0) is 34.2. The molecule has 2 saturated carbocycles. The van der Waals surface area contributed by atoms with Crippen molar-refractivity contribution in [3.05, 3.63) is 101 Å². The minimum atomic E-state index is -2.38. The van der Waals surface area contributed by atoms with Crippen molar-refractivity contribution in [1.29, 1.82) is 0 Å². The van der Waals surface area contributed by atoms with Crippen LogP contribution in [0.1, 0.15) is 96.4 Å². The van der Waals surface area contributed by atoms with Gasteiger partial charge in [0.05, 0.1) is 11.1 Å². The fourth-order valence-corrected chi connectivity index (χ4v) is 9.43. The molecule has 2 aliphatic rings. The van der Waals surface area contributed by atoms with Crippen molar-refractivity contribution in [3.8, 4) is 17.2 Å². The second-order valence-electron chi connectivity index (χ2n) is 16.4. The molecule has 3 aromatic rings. The highest BCUT2D eigenvalue weighted by atomic mass is 35.5. The number of fused-ring (bicyclic) bond motifs is 1. The molecule has 0 bridgehead atoms. The van der Waals surface area contributed by atoms with Gasteiger partial charge in [-0.05, 0) is 71.7 Å². The van der Waals surface area contributed by atoms with Crippen LogP contribution in [0.2, 0.25) is 23.2 Å². The average molecular weight is 675 g/mol. The Labute approximate surface area is 289 Å². The molecule has 0 heterocycles. The normalized spacial score (nSPS) is 23.5. The molecule has 1 N–H and O–H groups in total. The molecule has 3 aromatic carbocycles. The van der Waals surface area contributed by atoms with Gasteiger partial charge < -0.3 is 19.0 Å². The van der Waals surface area contributed by atoms with Gasteiger partial charge >= 0.3 is 0 Å². The summed E-state index contributed by atoms with van der Waals surface area (Å²) >= 11 is 7.49. The Bertz CT molecular complexity index is 1550. The summed E-state index contributed by atoms with van der Waals surface area (Å²) in [5.41, 5.74) is 3.80. The minimum absolute atomic E-state index is 0.0753. The lowest BCUT2D eigenvalue weighted by Crippen LogP contribution is -2.51. The fourth-order valence-electron chi connectivity index (χ4n) is 8.06. The molecule has 2 fully saturated rings. The fraction of sp³-hybridized carbons (Fsp3) is 0.512. The van der Waals surface area contributed by atoms with Gasteiger partial charge in [0.15, 0.2) is 11.5 Å². The molecular formula is C41H55ClO4Si. The molecule has 4 atom stereocenters. The molecule has 4 nitrogen and oxygen atoms in total. The third kappa shape index (κ3) is 7.33. The maximum atomic E-state index is 12.8. The molecule has 2 aliphatic carbocycles. The molecule has 0 aliphatic heterocycles. The first-order valence-corrected chi connectivity index (χ1v) is 20.6. The van der Waals surface area contributed by atoms with E-state index in [1.165, 1.54) is 6.42 Å². The van der Waals surface area contributed by atoms with E-state index in [4.69, 9.17) is 25.5 Å². The number of ether oxygens (including phenoxy) is 2. The smallest absolute Gasteiger partial charge is 0.250 e. The third-order valence-electron chi connectivity index (χ3n) is 11.6. The summed E-state index contributed by atoms with van der Waals surface area (Å²) in [6.07, 6.45) is 4.47. The number of hydrogen-bond acceptors (Lipinski definition) is 4. The Morgan fingerprint density at radius 3 is 2.06 bits per heavy atom. The summed E-state index contributed by atoms with van der Waals surface area (Å²) in [6, 6.07) is 22.0. The highest BCUT2D eigenvalue weighted by Gasteiger charge is 2.55. The Kier molecular flexibility index (Phi) is 10.3. The van der Waals surface area contributed by atoms with E-state index in [-0.39, 0.29) is 21.8 Å². The Morgan fingerprint density at radius 1 is 0.915 bits per heavy atom. The predicted octanol–water partition coefficient (Wildman–Crippen LogP) is 11.7. The third-order valence-corrected chi connectivity index (χ3v) is 16.3. The molecule has 0 spiro atoms. The molecule has 0 radical (unpaired) electrons. The van der Waals surface area contributed by atoms with E-state index >= 15 is 0 Å². The van der Waals surface area contributed by atoms with E-state index in [0.29, 0.717) is 47.0 Å². The number of aliphatic hydroxyl groups is 1. The molecule has 1 unspecified atom stereocenters. The zero-order valence-electron chi connectivity index (χ0n) is 29.8. The quantitative estimate of drug-likeness (QED) is 0.172. The first-order valence-electron chi connectivity index (χ1n) is 17.3. The van der Waals surface area contributed by atoms with Crippen molar-refractivity contribution >= 4 is 19.9 Å². The predicted molar refractivity (Wildman–Crippen MR) is 197 cm³/mol. The second kappa shape index (κ2) is 13.6. The van der Waals surface area contributed by atoms with Crippen LogP contribution in [0.3, 0.4) is 0 Å². The van der Waals surface area contributed by atoms with Crippen LogP contribution in [0.4, 0.5) is 0 Å². The lowest BCUT2D eigenvalue weighted by molar-refractivity contribution is -0.0894. The highest BCUT2D eigenvalue weighted by molar-refractivity contribution is 6.74. The maximum Gasteiger partial charge on any atom is 0.250 e. The van der Waals surface area contributed by atoms with E-state index < -0.39 is 14.4 Å². The standard InChI is InChI=1S/C41H55ClO4Si/c1-28-21-22-33-40(5,6)23-16-24-41(33,7)35(28)37(43)34-31(46-47(8,9)39(2,3)4)25-32(44-26-29-17-12-10-13-18-29)38(36(34)42)45-27-30-19-14-11-15-20-30/h10-15,17-20,25,33,35,37,43H,1,16,21-24,26-27H2,2-9H3/t33-,35+,37?,41-/m0/s1. The Balaban J connectivity index is 1.66. The van der Waals surface area contributed by atoms with Gasteiger partial charge in [-0.1, -0.05) is 132 Å². The van der Waals surface area contributed by atoms with E-state index in [1.807, 2.05) is 66.7 Å². The Hall–Kier alpha value is -2.73. The van der Waals surface area contributed by atoms with Gasteiger partial charge in [0.1, 0.15) is 19.0 Å². The largest absolute Gasteiger partial charge is 0.543 e. The lowest BCUT2D eigenvalue weighted by Gasteiger charge is -2.59. The van der Waals surface area contributed by atoms with Gasteiger partial charge in [0, 0.05) is 17.5 Å². The van der Waals surface area contributed by atoms with Gasteiger partial charge in [-0.2, -0.15) is 0 Å². The van der Waals surface area contributed by atoms with Crippen molar-refractivity contribution < 1.29 is 19.0 Å². The maximum absolute atomic E-state index is 12.8. The summed E-state index contributed by atoms with van der Waals surface area (Å²) in [4.78, 5) is 0. The van der Waals surface area contributed by atoms with Crippen molar-refractivity contribution in [2.45, 2.75) is 111 Å². The van der Waals surface area contributed by atoms with E-state index in [0.717, 1.165) is 42.4 Å². The van der Waals surface area contributed by atoms with Crippen molar-refractivity contribution in [2.24, 2.45) is 22.7 Å². The summed E-state index contributed by atoms with van der Waals surface area (Å²) in [5, 5.41) is 13.0. The highest BCUT2D eigenvalue weighted by Crippen LogP contribution is 2.64. The number of rotatable bonds is 10. The summed E-state index contributed by atoms with van der Waals surface area (Å²) in [6.45, 7) is 23.5. The monoisotopic (exact) mass is 674 g/mol. The minimum Gasteiger partial charge on any atom is -0.543 e. The van der Waals surface area contributed by atoms with Crippen molar-refractivity contribution in [2.75, 3.05) is 0 Å². The molecule has 0 saturated heterocycles. The first kappa shape index (κ1) is 35.6. The molecule has 47 heavy (non-hydrogen) atoms. The molecule has 0 aromatic heterocycles. The SMILES string of the molecule is C=C1CC[C@H]2C(C)(C)CCC[C@]2(C)[C@H]1C(O)c1c(O[Si](C)(C)C(C)(C)C)cc(OCc2ccccc2)c(OCc2ccccc2)c1Cl. The van der Waals surface area contributed by atoms with Gasteiger partial charge in [-0.15, -0.1) is 0 Å². The number of hydrogen-bond donors (Lipinski definition) is 1. The summed E-state index contributed by atoms with van der Waals surface area (Å²) < 4.78 is 20.1. The number of halogens is 1. The Morgan fingerprint density at radius 2 is 1.49 bits per heavy atom. The van der Waals surface area contributed by atoms with Gasteiger partial charge in [0.2, 0.25) is 8.32 Å². The molecule has 6 heteroatoms. The molecule has 254 valence electrons. The van der Waals surface area contributed by atoms with Crippen LogP contribution in [0.5, 0.6) is 17.2 Å². The van der Waals surface area contributed by atoms with Crippen LogP contribution in [-0.2, 0) is 13.2 Å². The van der Waals surface area contributed by atoms with E-state index in [1.54, 1.807) is 0 Å². The van der Waals surface area contributed by atoms with Crippen LogP contribution in [0.15, 0.2) is 78.9 Å². The van der Waals surface area contributed by atoms with Gasteiger partial charge in [-0.25, -0.2) is 0 Å².